The van der Waals surface area contributed by atoms with Gasteiger partial charge in [-0.05, 0) is 24.7 Å². The monoisotopic (exact) mass is 284 g/mol. The highest BCUT2D eigenvalue weighted by atomic mass is 35.5. The molecule has 1 aromatic heterocycles. The lowest BCUT2D eigenvalue weighted by Crippen LogP contribution is -2.06. The maximum absolute atomic E-state index is 13.4. The maximum atomic E-state index is 13.4. The van der Waals surface area contributed by atoms with Crippen molar-refractivity contribution in [3.8, 4) is 11.6 Å². The van der Waals surface area contributed by atoms with E-state index in [0.29, 0.717) is 11.6 Å². The number of hydrogen-bond donors (Lipinski definition) is 1. The Balaban J connectivity index is 2.28. The largest absolute Gasteiger partial charge is 0.436 e. The topological polar surface area (TPSA) is 34.1 Å². The molecular weight excluding hydrogens is 274 g/mol. The molecule has 0 saturated carbocycles. The number of aromatic nitrogens is 1. The summed E-state index contributed by atoms with van der Waals surface area (Å²) < 4.78 is 31.7. The standard InChI is InChI=1S/C13H11ClF2N2O/c1-17-6-8-5-12(18-7-9(8)14)19-11-4-2-3-10(15)13(11)16/h2-5,7,17H,6H2,1H3. The molecule has 0 radical (unpaired) electrons. The Bertz CT molecular complexity index is 593. The first kappa shape index (κ1) is 13.7. The van der Waals surface area contributed by atoms with Crippen molar-refractivity contribution in [2.45, 2.75) is 6.54 Å². The molecule has 100 valence electrons. The molecule has 2 aromatic rings. The van der Waals surface area contributed by atoms with Gasteiger partial charge in [0.1, 0.15) is 0 Å². The predicted molar refractivity (Wildman–Crippen MR) is 68.4 cm³/mol. The molecule has 6 heteroatoms. The molecule has 1 N–H and O–H groups in total. The molecule has 1 heterocycles. The van der Waals surface area contributed by atoms with Crippen molar-refractivity contribution in [1.82, 2.24) is 10.3 Å². The van der Waals surface area contributed by atoms with Crippen LogP contribution in [-0.4, -0.2) is 12.0 Å². The normalized spacial score (nSPS) is 10.5. The molecule has 1 aromatic carbocycles. The summed E-state index contributed by atoms with van der Waals surface area (Å²) in [5.41, 5.74) is 0.756. The van der Waals surface area contributed by atoms with Gasteiger partial charge >= 0.3 is 0 Å². The van der Waals surface area contributed by atoms with Crippen LogP contribution in [-0.2, 0) is 6.54 Å². The fourth-order valence-electron chi connectivity index (χ4n) is 1.52. The first-order valence-corrected chi connectivity index (χ1v) is 5.90. The first-order valence-electron chi connectivity index (χ1n) is 5.52. The summed E-state index contributed by atoms with van der Waals surface area (Å²) >= 11 is 5.94. The number of hydrogen-bond acceptors (Lipinski definition) is 3. The predicted octanol–water partition coefficient (Wildman–Crippen LogP) is 3.52. The summed E-state index contributed by atoms with van der Waals surface area (Å²) in [7, 11) is 1.77. The van der Waals surface area contributed by atoms with Crippen molar-refractivity contribution in [1.29, 1.82) is 0 Å². The second kappa shape index (κ2) is 5.95. The smallest absolute Gasteiger partial charge is 0.219 e. The van der Waals surface area contributed by atoms with E-state index in [-0.39, 0.29) is 11.6 Å². The second-order valence-electron chi connectivity index (χ2n) is 3.80. The lowest BCUT2D eigenvalue weighted by molar-refractivity contribution is 0.405. The third-order valence-corrected chi connectivity index (χ3v) is 2.75. The van der Waals surface area contributed by atoms with Gasteiger partial charge in [0.2, 0.25) is 11.7 Å². The minimum atomic E-state index is -1.05. The maximum Gasteiger partial charge on any atom is 0.219 e. The zero-order valence-electron chi connectivity index (χ0n) is 10.1. The SMILES string of the molecule is CNCc1cc(Oc2cccc(F)c2F)ncc1Cl. The van der Waals surface area contributed by atoms with E-state index in [2.05, 4.69) is 10.3 Å². The van der Waals surface area contributed by atoms with E-state index in [1.807, 2.05) is 0 Å². The van der Waals surface area contributed by atoms with Crippen molar-refractivity contribution in [3.05, 3.63) is 52.7 Å². The van der Waals surface area contributed by atoms with Gasteiger partial charge < -0.3 is 10.1 Å². The lowest BCUT2D eigenvalue weighted by atomic mass is 10.2. The van der Waals surface area contributed by atoms with E-state index in [1.54, 1.807) is 13.1 Å². The van der Waals surface area contributed by atoms with Crippen LogP contribution in [0.1, 0.15) is 5.56 Å². The molecule has 3 nitrogen and oxygen atoms in total. The van der Waals surface area contributed by atoms with Crippen molar-refractivity contribution in [2.75, 3.05) is 7.05 Å². The number of pyridine rings is 1. The van der Waals surface area contributed by atoms with Crippen molar-refractivity contribution in [3.63, 3.8) is 0 Å². The number of nitrogens with zero attached hydrogens (tertiary/aromatic N) is 1. The summed E-state index contributed by atoms with van der Waals surface area (Å²) in [5, 5.41) is 3.41. The molecule has 0 atom stereocenters. The summed E-state index contributed by atoms with van der Waals surface area (Å²) in [4.78, 5) is 3.92. The summed E-state index contributed by atoms with van der Waals surface area (Å²) in [6.45, 7) is 0.517. The highest BCUT2D eigenvalue weighted by Gasteiger charge is 2.11. The fourth-order valence-corrected chi connectivity index (χ4v) is 1.69. The van der Waals surface area contributed by atoms with Gasteiger partial charge in [0.25, 0.3) is 0 Å². The Hall–Kier alpha value is -1.72. The molecule has 0 fully saturated rings. The molecule has 0 unspecified atom stereocenters. The van der Waals surface area contributed by atoms with Crippen LogP contribution in [0.5, 0.6) is 11.6 Å². The Morgan fingerprint density at radius 1 is 1.37 bits per heavy atom. The summed E-state index contributed by atoms with van der Waals surface area (Å²) in [5.74, 6) is -2.08. The molecule has 0 spiro atoms. The minimum Gasteiger partial charge on any atom is -0.436 e. The number of ether oxygens (including phenoxy) is 1. The third-order valence-electron chi connectivity index (χ3n) is 2.41. The van der Waals surface area contributed by atoms with Crippen LogP contribution in [0.4, 0.5) is 8.78 Å². The molecule has 0 aliphatic carbocycles. The van der Waals surface area contributed by atoms with E-state index in [0.717, 1.165) is 11.6 Å². The average Bonchev–Trinajstić information content (AvgIpc) is 2.39. The molecule has 0 amide bonds. The van der Waals surface area contributed by atoms with Crippen LogP contribution in [0.3, 0.4) is 0 Å². The van der Waals surface area contributed by atoms with E-state index in [9.17, 15) is 8.78 Å². The first-order chi connectivity index (χ1) is 9.11. The summed E-state index contributed by atoms with van der Waals surface area (Å²) in [6, 6.07) is 5.28. The minimum absolute atomic E-state index is 0.152. The Morgan fingerprint density at radius 2 is 2.16 bits per heavy atom. The summed E-state index contributed by atoms with van der Waals surface area (Å²) in [6.07, 6.45) is 1.40. The highest BCUT2D eigenvalue weighted by Crippen LogP contribution is 2.26. The molecule has 0 saturated heterocycles. The number of rotatable bonds is 4. The van der Waals surface area contributed by atoms with Crippen LogP contribution in [0.2, 0.25) is 5.02 Å². The molecule has 0 aliphatic rings. The zero-order chi connectivity index (χ0) is 13.8. The lowest BCUT2D eigenvalue weighted by Gasteiger charge is -2.09. The van der Waals surface area contributed by atoms with E-state index in [4.69, 9.17) is 16.3 Å². The van der Waals surface area contributed by atoms with Crippen LogP contribution in [0, 0.1) is 11.6 Å². The fraction of sp³-hybridized carbons (Fsp3) is 0.154. The van der Waals surface area contributed by atoms with Gasteiger partial charge in [0, 0.05) is 18.8 Å². The number of nitrogens with one attached hydrogen (secondary N) is 1. The van der Waals surface area contributed by atoms with Crippen LogP contribution in [0.25, 0.3) is 0 Å². The Labute approximate surface area is 114 Å². The molecular formula is C13H11ClF2N2O. The molecule has 2 rings (SSSR count). The van der Waals surface area contributed by atoms with Crippen LogP contribution >= 0.6 is 11.6 Å². The zero-order valence-corrected chi connectivity index (χ0v) is 10.8. The number of halogens is 3. The molecule has 0 aliphatic heterocycles. The second-order valence-corrected chi connectivity index (χ2v) is 4.21. The van der Waals surface area contributed by atoms with Crippen molar-refractivity contribution >= 4 is 11.6 Å². The average molecular weight is 285 g/mol. The van der Waals surface area contributed by atoms with Gasteiger partial charge in [0.15, 0.2) is 11.6 Å². The quantitative estimate of drug-likeness (QED) is 0.933. The van der Waals surface area contributed by atoms with Crippen LogP contribution < -0.4 is 10.1 Å². The van der Waals surface area contributed by atoms with Gasteiger partial charge in [-0.3, -0.25) is 0 Å². The van der Waals surface area contributed by atoms with Crippen molar-refractivity contribution < 1.29 is 13.5 Å². The van der Waals surface area contributed by atoms with Gasteiger partial charge in [-0.25, -0.2) is 9.37 Å². The third kappa shape index (κ3) is 3.19. The van der Waals surface area contributed by atoms with Gasteiger partial charge in [-0.2, -0.15) is 4.39 Å². The number of benzene rings is 1. The van der Waals surface area contributed by atoms with Crippen LogP contribution in [0.15, 0.2) is 30.5 Å². The van der Waals surface area contributed by atoms with Gasteiger partial charge in [-0.1, -0.05) is 17.7 Å². The van der Waals surface area contributed by atoms with Gasteiger partial charge in [0.05, 0.1) is 5.02 Å². The Kier molecular flexibility index (Phi) is 4.29. The Morgan fingerprint density at radius 3 is 2.89 bits per heavy atom. The van der Waals surface area contributed by atoms with Gasteiger partial charge in [-0.15, -0.1) is 0 Å². The van der Waals surface area contributed by atoms with E-state index < -0.39 is 11.6 Å². The van der Waals surface area contributed by atoms with Crippen molar-refractivity contribution in [2.24, 2.45) is 0 Å². The highest BCUT2D eigenvalue weighted by molar-refractivity contribution is 6.31. The molecule has 19 heavy (non-hydrogen) atoms. The van der Waals surface area contributed by atoms with E-state index in [1.165, 1.54) is 18.3 Å². The van der Waals surface area contributed by atoms with E-state index >= 15 is 0 Å². The molecule has 0 bridgehead atoms.